The molecule has 0 aliphatic rings. The van der Waals surface area contributed by atoms with E-state index < -0.39 is 6.10 Å². The van der Waals surface area contributed by atoms with Crippen molar-refractivity contribution < 1.29 is 28.6 Å². The number of unbranched alkanes of at least 4 members (excludes halogenated alkanes) is 20. The van der Waals surface area contributed by atoms with Gasteiger partial charge in [-0.3, -0.25) is 14.4 Å². The Labute approximate surface area is 511 Å². The van der Waals surface area contributed by atoms with Gasteiger partial charge in [0.1, 0.15) is 13.2 Å². The number of hydrogen-bond acceptors (Lipinski definition) is 6. The minimum atomic E-state index is -0.817. The summed E-state index contributed by atoms with van der Waals surface area (Å²) in [5.74, 6) is -0.977. The monoisotopic (exact) mass is 1140 g/mol. The zero-order chi connectivity index (χ0) is 59.9. The molecule has 0 heterocycles. The van der Waals surface area contributed by atoms with Crippen LogP contribution in [-0.2, 0) is 28.6 Å². The molecule has 0 spiro atoms. The normalized spacial score (nSPS) is 13.2. The zero-order valence-electron chi connectivity index (χ0n) is 53.4. The van der Waals surface area contributed by atoms with Crippen LogP contribution in [0.5, 0.6) is 0 Å². The van der Waals surface area contributed by atoms with Gasteiger partial charge in [-0.25, -0.2) is 0 Å². The van der Waals surface area contributed by atoms with E-state index in [9.17, 15) is 14.4 Å². The molecule has 466 valence electrons. The average Bonchev–Trinajstić information content (AvgIpc) is 3.49. The smallest absolute Gasteiger partial charge is 0.306 e. The highest BCUT2D eigenvalue weighted by atomic mass is 16.6. The van der Waals surface area contributed by atoms with Crippen molar-refractivity contribution in [3.8, 4) is 0 Å². The van der Waals surface area contributed by atoms with Crippen LogP contribution in [0.2, 0.25) is 0 Å². The van der Waals surface area contributed by atoms with Crippen molar-refractivity contribution in [3.63, 3.8) is 0 Å². The van der Waals surface area contributed by atoms with Gasteiger partial charge in [0.05, 0.1) is 0 Å². The Balaban J connectivity index is 4.44. The van der Waals surface area contributed by atoms with Crippen LogP contribution >= 0.6 is 0 Å². The molecular weight excluding hydrogens is 1020 g/mol. The standard InChI is InChI=1S/C77H122O6/c1-4-7-10-13-16-19-22-25-28-30-31-32-33-34-35-36-37-38-39-40-41-42-43-44-45-47-49-52-55-58-61-64-67-70-76(79)82-73-74(72-81-75(78)69-66-63-60-57-54-51-48-27-24-21-18-15-12-9-6-3)83-77(80)71-68-65-62-59-56-53-50-46-29-26-23-20-17-14-11-8-5-2/h7-8,10-11,16-17,19-20,25-26,28-29,31-32,34-35,37-38,40-41,43-44,47,49-50,53,55,58,74H,4-6,9,12-15,18,21-24,27,30,33,36,39,42,45-46,48,51-52,54,56-57,59-73H2,1-3H3/b10-7-,11-8-,19-16-,20-17-,28-25-,29-26-,32-31-,35-34-,38-37-,41-40-,44-43-,49-47-,53-50-,58-55-. The summed E-state index contributed by atoms with van der Waals surface area (Å²) in [6, 6.07) is 0. The largest absolute Gasteiger partial charge is 0.462 e. The second-order valence-corrected chi connectivity index (χ2v) is 21.6. The summed E-state index contributed by atoms with van der Waals surface area (Å²) in [6.07, 6.45) is 102. The van der Waals surface area contributed by atoms with Crippen LogP contribution in [-0.4, -0.2) is 37.2 Å². The Morgan fingerprint density at radius 2 is 0.470 bits per heavy atom. The number of hydrogen-bond donors (Lipinski definition) is 0. The molecule has 1 atom stereocenters. The lowest BCUT2D eigenvalue weighted by atomic mass is 10.0. The second-order valence-electron chi connectivity index (χ2n) is 21.6. The second kappa shape index (κ2) is 69.3. The first-order valence-electron chi connectivity index (χ1n) is 33.6. The summed E-state index contributed by atoms with van der Waals surface area (Å²) in [5.41, 5.74) is 0. The molecule has 6 heteroatoms. The van der Waals surface area contributed by atoms with Gasteiger partial charge in [0, 0.05) is 19.3 Å². The van der Waals surface area contributed by atoms with Crippen LogP contribution in [0.25, 0.3) is 0 Å². The van der Waals surface area contributed by atoms with Gasteiger partial charge < -0.3 is 14.2 Å². The summed E-state index contributed by atoms with van der Waals surface area (Å²) in [7, 11) is 0. The van der Waals surface area contributed by atoms with Crippen molar-refractivity contribution in [3.05, 3.63) is 170 Å². The molecule has 1 unspecified atom stereocenters. The minimum Gasteiger partial charge on any atom is -0.462 e. The van der Waals surface area contributed by atoms with E-state index in [-0.39, 0.29) is 37.5 Å². The molecule has 0 amide bonds. The van der Waals surface area contributed by atoms with Gasteiger partial charge in [-0.2, -0.15) is 0 Å². The predicted octanol–water partition coefficient (Wildman–Crippen LogP) is 23.4. The Morgan fingerprint density at radius 1 is 0.253 bits per heavy atom. The molecule has 0 aromatic heterocycles. The molecule has 0 bridgehead atoms. The van der Waals surface area contributed by atoms with Crippen molar-refractivity contribution in [1.82, 2.24) is 0 Å². The molecule has 6 nitrogen and oxygen atoms in total. The number of esters is 3. The maximum atomic E-state index is 12.9. The van der Waals surface area contributed by atoms with Crippen molar-refractivity contribution in [2.24, 2.45) is 0 Å². The third-order valence-corrected chi connectivity index (χ3v) is 13.7. The molecule has 83 heavy (non-hydrogen) atoms. The summed E-state index contributed by atoms with van der Waals surface area (Å²) in [6.45, 7) is 6.36. The van der Waals surface area contributed by atoms with Crippen molar-refractivity contribution in [1.29, 1.82) is 0 Å². The van der Waals surface area contributed by atoms with Crippen LogP contribution in [0.3, 0.4) is 0 Å². The van der Waals surface area contributed by atoms with E-state index in [1.807, 2.05) is 0 Å². The topological polar surface area (TPSA) is 78.9 Å². The molecule has 0 aliphatic carbocycles. The van der Waals surface area contributed by atoms with Gasteiger partial charge in [-0.05, 0) is 135 Å². The number of ether oxygens (including phenoxy) is 3. The van der Waals surface area contributed by atoms with E-state index in [0.29, 0.717) is 19.3 Å². The van der Waals surface area contributed by atoms with Gasteiger partial charge in [0.15, 0.2) is 6.10 Å². The third kappa shape index (κ3) is 67.4. The highest BCUT2D eigenvalue weighted by Gasteiger charge is 2.19. The maximum absolute atomic E-state index is 12.9. The van der Waals surface area contributed by atoms with E-state index in [2.05, 4.69) is 191 Å². The molecule has 0 saturated carbocycles. The van der Waals surface area contributed by atoms with Crippen LogP contribution in [0.4, 0.5) is 0 Å². The molecule has 0 rings (SSSR count). The quantitative estimate of drug-likeness (QED) is 0.0261. The summed E-state index contributed by atoms with van der Waals surface area (Å²) >= 11 is 0. The fourth-order valence-electron chi connectivity index (χ4n) is 8.76. The molecular formula is C77H122O6. The summed E-state index contributed by atoms with van der Waals surface area (Å²) in [5, 5.41) is 0. The first kappa shape index (κ1) is 77.8. The first-order chi connectivity index (χ1) is 41.0. The lowest BCUT2D eigenvalue weighted by Crippen LogP contribution is -2.30. The molecule has 0 N–H and O–H groups in total. The molecule has 0 aromatic rings. The molecule has 0 radical (unpaired) electrons. The number of carbonyl (C=O) groups is 3. The highest BCUT2D eigenvalue weighted by Crippen LogP contribution is 2.15. The van der Waals surface area contributed by atoms with Gasteiger partial charge in [0.25, 0.3) is 0 Å². The molecule has 0 aliphatic heterocycles. The van der Waals surface area contributed by atoms with Crippen molar-refractivity contribution in [2.45, 2.75) is 284 Å². The van der Waals surface area contributed by atoms with Crippen molar-refractivity contribution >= 4 is 17.9 Å². The third-order valence-electron chi connectivity index (χ3n) is 13.7. The number of allylic oxidation sites excluding steroid dienone is 28. The fourth-order valence-corrected chi connectivity index (χ4v) is 8.76. The van der Waals surface area contributed by atoms with Crippen LogP contribution in [0, 0.1) is 0 Å². The Kier molecular flexibility index (Phi) is 64.9. The van der Waals surface area contributed by atoms with Crippen molar-refractivity contribution in [2.75, 3.05) is 13.2 Å². The summed E-state index contributed by atoms with van der Waals surface area (Å²) < 4.78 is 16.9. The highest BCUT2D eigenvalue weighted by molar-refractivity contribution is 5.71. The van der Waals surface area contributed by atoms with E-state index in [1.165, 1.54) is 77.0 Å². The predicted molar refractivity (Wildman–Crippen MR) is 361 cm³/mol. The minimum absolute atomic E-state index is 0.106. The fraction of sp³-hybridized carbons (Fsp3) is 0.597. The number of rotatable bonds is 59. The lowest BCUT2D eigenvalue weighted by Gasteiger charge is -2.18. The Bertz CT molecular complexity index is 1890. The zero-order valence-corrected chi connectivity index (χ0v) is 53.4. The number of carbonyl (C=O) groups excluding carboxylic acids is 3. The van der Waals surface area contributed by atoms with Gasteiger partial charge >= 0.3 is 17.9 Å². The van der Waals surface area contributed by atoms with Crippen LogP contribution < -0.4 is 0 Å². The van der Waals surface area contributed by atoms with Gasteiger partial charge in [0.2, 0.25) is 0 Å². The van der Waals surface area contributed by atoms with Gasteiger partial charge in [-0.1, -0.05) is 294 Å². The summed E-state index contributed by atoms with van der Waals surface area (Å²) in [4.78, 5) is 38.3. The maximum Gasteiger partial charge on any atom is 0.306 e. The van der Waals surface area contributed by atoms with E-state index >= 15 is 0 Å². The van der Waals surface area contributed by atoms with E-state index in [0.717, 1.165) is 154 Å². The van der Waals surface area contributed by atoms with Gasteiger partial charge in [-0.15, -0.1) is 0 Å². The van der Waals surface area contributed by atoms with Crippen LogP contribution in [0.15, 0.2) is 170 Å². The molecule has 0 fully saturated rings. The molecule has 0 aromatic carbocycles. The first-order valence-corrected chi connectivity index (χ1v) is 33.6. The Hall–Kier alpha value is -5.23. The van der Waals surface area contributed by atoms with Crippen LogP contribution in [0.1, 0.15) is 278 Å². The van der Waals surface area contributed by atoms with E-state index in [4.69, 9.17) is 14.2 Å². The SMILES string of the molecule is CC/C=C\C/C=C\C/C=C\C/C=C\C/C=C\C/C=C\C/C=C\C/C=C\C/C=C\C/C=C\CCCCC(=O)OCC(COC(=O)CCCCCCCCCCCCCCCCC)OC(=O)CCCCCC/C=C\C/C=C\C/C=C\C/C=C\CC. The average molecular weight is 1140 g/mol. The molecule has 0 saturated heterocycles. The Morgan fingerprint density at radius 3 is 0.759 bits per heavy atom. The van der Waals surface area contributed by atoms with E-state index in [1.54, 1.807) is 0 Å². The lowest BCUT2D eigenvalue weighted by molar-refractivity contribution is -0.167.